The number of phenols is 1. The number of phenolic OH excluding ortho intramolecular Hbond substituents is 1. The van der Waals surface area contributed by atoms with E-state index in [1.807, 2.05) is 42.2 Å². The van der Waals surface area contributed by atoms with Crippen molar-refractivity contribution >= 4 is 11.2 Å². The maximum atomic E-state index is 11.8. The molecule has 0 aliphatic heterocycles. The average molecular weight is 657 g/mol. The van der Waals surface area contributed by atoms with Gasteiger partial charge >= 0.3 is 0 Å². The van der Waals surface area contributed by atoms with E-state index in [9.17, 15) is 5.11 Å². The minimum atomic E-state index is -0.257. The average Bonchev–Trinajstić information content (AvgIpc) is 3.44. The lowest BCUT2D eigenvalue weighted by Crippen LogP contribution is -2.17. The number of fused-ring (bicyclic) bond motifs is 1. The van der Waals surface area contributed by atoms with E-state index in [0.29, 0.717) is 11.4 Å². The van der Waals surface area contributed by atoms with Crippen LogP contribution >= 0.6 is 0 Å². The second-order valence-electron chi connectivity index (χ2n) is 15.4. The Labute approximate surface area is 295 Å². The smallest absolute Gasteiger partial charge is 0.160 e. The summed E-state index contributed by atoms with van der Waals surface area (Å²) in [5, 5.41) is 11.8. The first-order valence-corrected chi connectivity index (χ1v) is 17.2. The monoisotopic (exact) mass is 656 g/mol. The Bertz CT molecular complexity index is 2360. The maximum absolute atomic E-state index is 11.8. The van der Waals surface area contributed by atoms with Crippen molar-refractivity contribution in [2.45, 2.75) is 59.3 Å². The molecule has 0 bridgehead atoms. The van der Waals surface area contributed by atoms with E-state index in [1.165, 1.54) is 5.56 Å². The Morgan fingerprint density at radius 3 is 1.90 bits per heavy atom. The van der Waals surface area contributed by atoms with E-state index in [-0.39, 0.29) is 16.6 Å². The van der Waals surface area contributed by atoms with Gasteiger partial charge in [0.15, 0.2) is 5.65 Å². The summed E-state index contributed by atoms with van der Waals surface area (Å²) in [6.45, 7) is 15.1. The number of hydrogen-bond donors (Lipinski definition) is 1. The van der Waals surface area contributed by atoms with Crippen molar-refractivity contribution in [3.8, 4) is 61.8 Å². The number of rotatable bonds is 5. The second kappa shape index (κ2) is 12.4. The zero-order chi connectivity index (χ0) is 35.4. The summed E-state index contributed by atoms with van der Waals surface area (Å²) in [5.74, 6) is 0.944. The Morgan fingerprint density at radius 2 is 1.24 bits per heavy atom. The summed E-state index contributed by atoms with van der Waals surface area (Å²) in [6.07, 6.45) is 3.81. The quantitative estimate of drug-likeness (QED) is 0.200. The van der Waals surface area contributed by atoms with Gasteiger partial charge < -0.3 is 9.67 Å². The Morgan fingerprint density at radius 1 is 0.600 bits per heavy atom. The third-order valence-corrected chi connectivity index (χ3v) is 9.62. The lowest BCUT2D eigenvalue weighted by Gasteiger charge is -2.27. The van der Waals surface area contributed by atoms with Crippen LogP contribution in [0.25, 0.3) is 67.2 Å². The molecule has 250 valence electrons. The third kappa shape index (κ3) is 6.09. The topological polar surface area (TPSA) is 63.8 Å². The molecule has 0 unspecified atom stereocenters. The number of aromatic hydroxyl groups is 1. The highest BCUT2D eigenvalue weighted by atomic mass is 16.3. The third-order valence-electron chi connectivity index (χ3n) is 9.62. The van der Waals surface area contributed by atoms with Crippen LogP contribution in [0, 0.1) is 6.92 Å². The van der Waals surface area contributed by atoms with Crippen molar-refractivity contribution in [1.29, 1.82) is 0 Å². The molecule has 0 atom stereocenters. The van der Waals surface area contributed by atoms with E-state index >= 15 is 0 Å². The minimum absolute atomic E-state index is 0.116. The molecule has 50 heavy (non-hydrogen) atoms. The van der Waals surface area contributed by atoms with Crippen molar-refractivity contribution in [2.24, 2.45) is 7.05 Å². The maximum Gasteiger partial charge on any atom is 0.160 e. The standard InChI is InChI=1S/C45H44N4O/c1-28-27-47-39(26-36(28)30-17-13-10-14-18-30)33-22-31(29-15-11-9-12-16-29)21-32(23-33)35-19-20-46-43-40(35)48-42(49(43)8)37-24-34(44(2,3)4)25-38(41(37)50)45(5,6)7/h9-27,50H,1-8H3. The largest absolute Gasteiger partial charge is 0.507 e. The lowest BCUT2D eigenvalue weighted by atomic mass is 9.79. The van der Waals surface area contributed by atoms with Crippen LogP contribution in [0.5, 0.6) is 5.75 Å². The summed E-state index contributed by atoms with van der Waals surface area (Å²) in [4.78, 5) is 15.0. The second-order valence-corrected chi connectivity index (χ2v) is 15.4. The number of aromatic nitrogens is 4. The first-order chi connectivity index (χ1) is 23.8. The summed E-state index contributed by atoms with van der Waals surface area (Å²) >= 11 is 0. The summed E-state index contributed by atoms with van der Waals surface area (Å²) in [6, 6.07) is 36.0. The molecular formula is C45H44N4O. The van der Waals surface area contributed by atoms with Gasteiger partial charge in [0.05, 0.1) is 11.3 Å². The number of pyridine rings is 2. The van der Waals surface area contributed by atoms with Gasteiger partial charge in [-0.1, -0.05) is 108 Å². The molecule has 7 aromatic rings. The van der Waals surface area contributed by atoms with Crippen molar-refractivity contribution in [3.05, 3.63) is 132 Å². The summed E-state index contributed by atoms with van der Waals surface area (Å²) < 4.78 is 2.00. The molecule has 3 aromatic heterocycles. The fourth-order valence-corrected chi connectivity index (χ4v) is 6.70. The van der Waals surface area contributed by atoms with Gasteiger partial charge in [0, 0.05) is 36.1 Å². The number of imidazole rings is 1. The van der Waals surface area contributed by atoms with Crippen LogP contribution in [0.1, 0.15) is 58.2 Å². The Balaban J connectivity index is 1.45. The molecule has 5 heteroatoms. The van der Waals surface area contributed by atoms with Crippen molar-refractivity contribution < 1.29 is 5.11 Å². The van der Waals surface area contributed by atoms with E-state index in [2.05, 4.69) is 133 Å². The predicted octanol–water partition coefficient (Wildman–Crippen LogP) is 11.3. The van der Waals surface area contributed by atoms with Gasteiger partial charge in [-0.15, -0.1) is 0 Å². The molecule has 0 saturated heterocycles. The van der Waals surface area contributed by atoms with Gasteiger partial charge in [-0.2, -0.15) is 0 Å². The zero-order valence-corrected chi connectivity index (χ0v) is 30.2. The molecule has 0 saturated carbocycles. The Kier molecular flexibility index (Phi) is 8.18. The number of hydrogen-bond acceptors (Lipinski definition) is 4. The predicted molar refractivity (Wildman–Crippen MR) is 207 cm³/mol. The minimum Gasteiger partial charge on any atom is -0.507 e. The van der Waals surface area contributed by atoms with E-state index in [0.717, 1.165) is 66.9 Å². The van der Waals surface area contributed by atoms with Gasteiger partial charge in [0.2, 0.25) is 0 Å². The van der Waals surface area contributed by atoms with Crippen LogP contribution in [0.4, 0.5) is 0 Å². The van der Waals surface area contributed by atoms with E-state index in [4.69, 9.17) is 15.0 Å². The summed E-state index contributed by atoms with van der Waals surface area (Å²) in [5.41, 5.74) is 13.5. The van der Waals surface area contributed by atoms with Gasteiger partial charge in [0.25, 0.3) is 0 Å². The van der Waals surface area contributed by atoms with Crippen molar-refractivity contribution in [2.75, 3.05) is 0 Å². The van der Waals surface area contributed by atoms with E-state index < -0.39 is 0 Å². The van der Waals surface area contributed by atoms with Crippen molar-refractivity contribution in [1.82, 2.24) is 19.5 Å². The number of aryl methyl sites for hydroxylation is 2. The van der Waals surface area contributed by atoms with Crippen LogP contribution in [0.3, 0.4) is 0 Å². The zero-order valence-electron chi connectivity index (χ0n) is 30.2. The molecule has 0 fully saturated rings. The van der Waals surface area contributed by atoms with Gasteiger partial charge in [-0.25, -0.2) is 9.97 Å². The fraction of sp³-hybridized carbons (Fsp3) is 0.222. The lowest BCUT2D eigenvalue weighted by molar-refractivity contribution is 0.446. The molecule has 4 aromatic carbocycles. The molecule has 1 N–H and O–H groups in total. The fourth-order valence-electron chi connectivity index (χ4n) is 6.70. The van der Waals surface area contributed by atoms with Gasteiger partial charge in [-0.05, 0) is 93.1 Å². The molecule has 7 rings (SSSR count). The van der Waals surface area contributed by atoms with Gasteiger partial charge in [0.1, 0.15) is 17.1 Å². The SMILES string of the molecule is Cc1cnc(-c2cc(-c3ccccc3)cc(-c3ccnc4c3nc(-c3cc(C(C)(C)C)cc(C(C)(C)C)c3O)n4C)c2)cc1-c1ccccc1. The van der Waals surface area contributed by atoms with E-state index in [1.54, 1.807) is 0 Å². The highest BCUT2D eigenvalue weighted by Gasteiger charge is 2.28. The highest BCUT2D eigenvalue weighted by molar-refractivity contribution is 5.95. The molecule has 0 spiro atoms. The Hall–Kier alpha value is -5.55. The number of benzene rings is 4. The highest BCUT2D eigenvalue weighted by Crippen LogP contribution is 2.43. The first kappa shape index (κ1) is 33.0. The van der Waals surface area contributed by atoms with Crippen LogP contribution in [0.2, 0.25) is 0 Å². The van der Waals surface area contributed by atoms with Crippen molar-refractivity contribution in [3.63, 3.8) is 0 Å². The molecule has 3 heterocycles. The van der Waals surface area contributed by atoms with Crippen LogP contribution in [-0.2, 0) is 17.9 Å². The number of nitrogens with zero attached hydrogens (tertiary/aromatic N) is 4. The molecule has 5 nitrogen and oxygen atoms in total. The van der Waals surface area contributed by atoms with Crippen LogP contribution < -0.4 is 0 Å². The van der Waals surface area contributed by atoms with Crippen LogP contribution in [-0.4, -0.2) is 24.6 Å². The summed E-state index contributed by atoms with van der Waals surface area (Å²) in [7, 11) is 1.98. The first-order valence-electron chi connectivity index (χ1n) is 17.2. The molecule has 0 radical (unpaired) electrons. The van der Waals surface area contributed by atoms with Crippen LogP contribution in [0.15, 0.2) is 116 Å². The molecule has 0 amide bonds. The normalized spacial score (nSPS) is 12.1. The molecule has 0 aliphatic carbocycles. The molecule has 0 aliphatic rings. The molecular weight excluding hydrogens is 613 g/mol. The van der Waals surface area contributed by atoms with Gasteiger partial charge in [-0.3, -0.25) is 4.98 Å².